The van der Waals surface area contributed by atoms with Gasteiger partial charge < -0.3 is 5.73 Å². The molecule has 112 valence electrons. The highest BCUT2D eigenvalue weighted by molar-refractivity contribution is 7.91. The van der Waals surface area contributed by atoms with Gasteiger partial charge in [0, 0.05) is 11.7 Å². The van der Waals surface area contributed by atoms with Gasteiger partial charge >= 0.3 is 0 Å². The van der Waals surface area contributed by atoms with Crippen molar-refractivity contribution in [3.05, 3.63) is 24.0 Å². The van der Waals surface area contributed by atoms with Crippen LogP contribution in [0.4, 0.5) is 10.1 Å². The number of sulfonamides is 1. The zero-order valence-electron chi connectivity index (χ0n) is 10.5. The summed E-state index contributed by atoms with van der Waals surface area (Å²) < 4.78 is 62.6. The minimum Gasteiger partial charge on any atom is -0.399 e. The van der Waals surface area contributed by atoms with Crippen LogP contribution < -0.4 is 10.5 Å². The summed E-state index contributed by atoms with van der Waals surface area (Å²) in [5.41, 5.74) is 5.39. The van der Waals surface area contributed by atoms with Crippen molar-refractivity contribution in [2.75, 3.05) is 17.2 Å². The third-order valence-corrected chi connectivity index (χ3v) is 6.31. The summed E-state index contributed by atoms with van der Waals surface area (Å²) >= 11 is 0. The summed E-state index contributed by atoms with van der Waals surface area (Å²) in [5, 5.41) is 0. The second kappa shape index (κ2) is 5.30. The Bertz CT molecular complexity index is 696. The fraction of sp³-hybridized carbons (Fsp3) is 0.455. The van der Waals surface area contributed by atoms with E-state index < -0.39 is 31.7 Å². The number of rotatable bonds is 3. The van der Waals surface area contributed by atoms with Crippen LogP contribution >= 0.6 is 0 Å². The van der Waals surface area contributed by atoms with Crippen molar-refractivity contribution in [2.24, 2.45) is 0 Å². The molecule has 1 aliphatic rings. The fourth-order valence-corrected chi connectivity index (χ4v) is 5.22. The molecule has 0 spiro atoms. The molecule has 2 rings (SSSR count). The molecule has 0 aromatic heterocycles. The normalized spacial score (nSPS) is 22.6. The number of nitrogens with one attached hydrogen (secondary N) is 1. The van der Waals surface area contributed by atoms with E-state index in [0.717, 1.165) is 18.2 Å². The third kappa shape index (κ3) is 3.68. The van der Waals surface area contributed by atoms with E-state index >= 15 is 0 Å². The van der Waals surface area contributed by atoms with Crippen LogP contribution in [0.1, 0.15) is 12.8 Å². The van der Waals surface area contributed by atoms with Crippen molar-refractivity contribution >= 4 is 25.5 Å². The molecule has 3 N–H and O–H groups in total. The van der Waals surface area contributed by atoms with Gasteiger partial charge in [-0.25, -0.2) is 25.9 Å². The largest absolute Gasteiger partial charge is 0.399 e. The Morgan fingerprint density at radius 2 is 2.00 bits per heavy atom. The van der Waals surface area contributed by atoms with Crippen LogP contribution in [-0.4, -0.2) is 34.4 Å². The van der Waals surface area contributed by atoms with Gasteiger partial charge in [-0.1, -0.05) is 0 Å². The quantitative estimate of drug-likeness (QED) is 0.777. The highest BCUT2D eigenvalue weighted by Crippen LogP contribution is 2.18. The standard InChI is InChI=1S/C11H15FN2O4S2/c12-8-4-9(13)6-11(5-8)20(17,18)14-10-2-1-3-19(15,16)7-10/h4-6,10,14H,1-3,7,13H2. The summed E-state index contributed by atoms with van der Waals surface area (Å²) in [6.45, 7) is 0. The maximum Gasteiger partial charge on any atom is 0.241 e. The molecule has 1 aromatic rings. The van der Waals surface area contributed by atoms with E-state index in [-0.39, 0.29) is 22.1 Å². The van der Waals surface area contributed by atoms with Crippen LogP contribution in [0.25, 0.3) is 0 Å². The Morgan fingerprint density at radius 1 is 1.30 bits per heavy atom. The number of nitrogen functional groups attached to an aromatic ring is 1. The Balaban J connectivity index is 2.23. The molecule has 1 aliphatic heterocycles. The zero-order valence-corrected chi connectivity index (χ0v) is 12.2. The molecule has 1 heterocycles. The number of benzene rings is 1. The number of anilines is 1. The smallest absolute Gasteiger partial charge is 0.241 e. The number of sulfone groups is 1. The van der Waals surface area contributed by atoms with E-state index in [0.29, 0.717) is 12.8 Å². The molecule has 6 nitrogen and oxygen atoms in total. The maximum atomic E-state index is 13.2. The average molecular weight is 322 g/mol. The Labute approximate surface area is 117 Å². The average Bonchev–Trinajstić information content (AvgIpc) is 2.25. The Hall–Kier alpha value is -1.19. The van der Waals surface area contributed by atoms with E-state index in [4.69, 9.17) is 5.73 Å². The summed E-state index contributed by atoms with van der Waals surface area (Å²) in [7, 11) is -7.22. The lowest BCUT2D eigenvalue weighted by Gasteiger charge is -2.22. The van der Waals surface area contributed by atoms with Gasteiger partial charge in [-0.2, -0.15) is 0 Å². The number of hydrogen-bond acceptors (Lipinski definition) is 5. The lowest BCUT2D eigenvalue weighted by molar-refractivity contribution is 0.516. The minimum absolute atomic E-state index is 0.0124. The third-order valence-electron chi connectivity index (χ3n) is 2.99. The summed E-state index contributed by atoms with van der Waals surface area (Å²) in [6.07, 6.45) is 0.837. The molecule has 0 radical (unpaired) electrons. The van der Waals surface area contributed by atoms with Gasteiger partial charge in [-0.15, -0.1) is 0 Å². The molecule has 1 unspecified atom stereocenters. The summed E-state index contributed by atoms with van der Waals surface area (Å²) in [6, 6.07) is 2.28. The molecule has 1 fully saturated rings. The number of hydrogen-bond donors (Lipinski definition) is 2. The summed E-state index contributed by atoms with van der Waals surface area (Å²) in [4.78, 5) is -0.307. The number of nitrogens with two attached hydrogens (primary N) is 1. The molecule has 1 saturated heterocycles. The maximum absolute atomic E-state index is 13.2. The van der Waals surface area contributed by atoms with Crippen molar-refractivity contribution in [1.82, 2.24) is 4.72 Å². The van der Waals surface area contributed by atoms with Gasteiger partial charge in [0.2, 0.25) is 10.0 Å². The first kappa shape index (κ1) is 15.2. The predicted molar refractivity (Wildman–Crippen MR) is 72.8 cm³/mol. The molecule has 20 heavy (non-hydrogen) atoms. The second-order valence-corrected chi connectivity index (χ2v) is 8.74. The van der Waals surface area contributed by atoms with E-state index in [2.05, 4.69) is 4.72 Å². The molecular formula is C11H15FN2O4S2. The van der Waals surface area contributed by atoms with Crippen LogP contribution in [0, 0.1) is 5.82 Å². The second-order valence-electron chi connectivity index (χ2n) is 4.80. The highest BCUT2D eigenvalue weighted by Gasteiger charge is 2.29. The molecule has 1 aromatic carbocycles. The molecule has 9 heteroatoms. The zero-order chi connectivity index (χ0) is 15.0. The SMILES string of the molecule is Nc1cc(F)cc(S(=O)(=O)NC2CCCS(=O)(=O)C2)c1. The molecule has 0 amide bonds. The van der Waals surface area contributed by atoms with Gasteiger partial charge in [-0.05, 0) is 31.0 Å². The van der Waals surface area contributed by atoms with Crippen molar-refractivity contribution in [3.8, 4) is 0 Å². The van der Waals surface area contributed by atoms with Crippen LogP contribution in [0.3, 0.4) is 0 Å². The first-order valence-corrected chi connectivity index (χ1v) is 9.27. The van der Waals surface area contributed by atoms with Gasteiger partial charge in [-0.3, -0.25) is 0 Å². The van der Waals surface area contributed by atoms with Gasteiger partial charge in [0.05, 0.1) is 16.4 Å². The van der Waals surface area contributed by atoms with Gasteiger partial charge in [0.25, 0.3) is 0 Å². The molecule has 0 bridgehead atoms. The Kier molecular flexibility index (Phi) is 4.03. The monoisotopic (exact) mass is 322 g/mol. The first-order valence-electron chi connectivity index (χ1n) is 5.97. The molecule has 0 aliphatic carbocycles. The molecule has 1 atom stereocenters. The van der Waals surface area contributed by atoms with Crippen LogP contribution in [-0.2, 0) is 19.9 Å². The van der Waals surface area contributed by atoms with E-state index in [1.165, 1.54) is 0 Å². The topological polar surface area (TPSA) is 106 Å². The van der Waals surface area contributed by atoms with Crippen molar-refractivity contribution in [1.29, 1.82) is 0 Å². The lowest BCUT2D eigenvalue weighted by Crippen LogP contribution is -2.43. The van der Waals surface area contributed by atoms with E-state index in [9.17, 15) is 21.2 Å². The number of halogens is 1. The van der Waals surface area contributed by atoms with Crippen molar-refractivity contribution < 1.29 is 21.2 Å². The highest BCUT2D eigenvalue weighted by atomic mass is 32.2. The van der Waals surface area contributed by atoms with E-state index in [1.807, 2.05) is 0 Å². The van der Waals surface area contributed by atoms with E-state index in [1.54, 1.807) is 0 Å². The summed E-state index contributed by atoms with van der Waals surface area (Å²) in [5.74, 6) is -0.934. The first-order chi connectivity index (χ1) is 9.18. The van der Waals surface area contributed by atoms with Gasteiger partial charge in [0.15, 0.2) is 9.84 Å². The molecular weight excluding hydrogens is 307 g/mol. The van der Waals surface area contributed by atoms with Crippen LogP contribution in [0.5, 0.6) is 0 Å². The predicted octanol–water partition coefficient (Wildman–Crippen LogP) is 0.263. The Morgan fingerprint density at radius 3 is 2.60 bits per heavy atom. The lowest BCUT2D eigenvalue weighted by atomic mass is 10.2. The molecule has 0 saturated carbocycles. The van der Waals surface area contributed by atoms with Crippen molar-refractivity contribution in [2.45, 2.75) is 23.8 Å². The minimum atomic E-state index is -3.99. The van der Waals surface area contributed by atoms with Crippen LogP contribution in [0.15, 0.2) is 23.1 Å². The van der Waals surface area contributed by atoms with Crippen LogP contribution in [0.2, 0.25) is 0 Å². The van der Waals surface area contributed by atoms with Gasteiger partial charge in [0.1, 0.15) is 5.82 Å². The van der Waals surface area contributed by atoms with Crippen molar-refractivity contribution in [3.63, 3.8) is 0 Å². The fourth-order valence-electron chi connectivity index (χ4n) is 2.14.